The first-order valence-corrected chi connectivity index (χ1v) is 9.48. The molecule has 0 saturated heterocycles. The first kappa shape index (κ1) is 20.2. The van der Waals surface area contributed by atoms with E-state index in [-0.39, 0.29) is 19.1 Å². The number of rotatable bonds is 8. The van der Waals surface area contributed by atoms with Crippen molar-refractivity contribution in [2.45, 2.75) is 12.3 Å². The van der Waals surface area contributed by atoms with Crippen molar-refractivity contribution in [2.75, 3.05) is 26.9 Å². The third-order valence-electron chi connectivity index (χ3n) is 3.85. The molecule has 0 aliphatic carbocycles. The molecule has 0 aromatic heterocycles. The monoisotopic (exact) mass is 382 g/mol. The molecule has 0 spiro atoms. The lowest BCUT2D eigenvalue weighted by atomic mass is 9.94. The van der Waals surface area contributed by atoms with E-state index in [9.17, 15) is 13.5 Å². The number of benzene rings is 1. The maximum Gasteiger partial charge on any atom is 0.287 e. The lowest BCUT2D eigenvalue weighted by Gasteiger charge is -2.15. The first-order chi connectivity index (χ1) is 12.4. The van der Waals surface area contributed by atoms with Gasteiger partial charge < -0.3 is 19.7 Å². The Morgan fingerprint density at radius 2 is 2.04 bits per heavy atom. The zero-order chi connectivity index (χ0) is 19.2. The Kier molecular flexibility index (Phi) is 6.98. The first-order valence-electron chi connectivity index (χ1n) is 7.97. The van der Waals surface area contributed by atoms with Crippen LogP contribution in [-0.2, 0) is 10.1 Å². The Morgan fingerprint density at radius 3 is 2.65 bits per heavy atom. The number of methoxy groups -OCH3 is 1. The van der Waals surface area contributed by atoms with Crippen molar-refractivity contribution in [2.24, 2.45) is 0 Å². The van der Waals surface area contributed by atoms with Gasteiger partial charge in [0.25, 0.3) is 10.1 Å². The molecule has 0 bridgehead atoms. The number of aliphatic hydroxyl groups is 2. The topological polar surface area (TPSA) is 113 Å². The van der Waals surface area contributed by atoms with Crippen molar-refractivity contribution in [3.63, 3.8) is 0 Å². The number of ether oxygens (including phenoxy) is 2. The van der Waals surface area contributed by atoms with Crippen LogP contribution in [0.5, 0.6) is 11.5 Å². The molecule has 3 N–H and O–H groups in total. The van der Waals surface area contributed by atoms with E-state index in [1.54, 1.807) is 24.3 Å². The highest BCUT2D eigenvalue weighted by molar-refractivity contribution is 7.88. The van der Waals surface area contributed by atoms with E-state index in [4.69, 9.17) is 19.1 Å². The molecule has 1 aromatic carbocycles. The summed E-state index contributed by atoms with van der Waals surface area (Å²) >= 11 is 0. The van der Waals surface area contributed by atoms with Gasteiger partial charge in [-0.3, -0.25) is 4.55 Å². The fourth-order valence-corrected chi connectivity index (χ4v) is 3.11. The molecule has 1 heterocycles. The minimum atomic E-state index is -4.13. The van der Waals surface area contributed by atoms with Crippen molar-refractivity contribution < 1.29 is 32.7 Å². The summed E-state index contributed by atoms with van der Waals surface area (Å²) in [5.41, 5.74) is 2.26. The minimum Gasteiger partial charge on any atom is -0.496 e. The van der Waals surface area contributed by atoms with E-state index < -0.39 is 10.1 Å². The van der Waals surface area contributed by atoms with Crippen LogP contribution in [0.25, 0.3) is 12.2 Å². The Bertz CT molecular complexity index is 822. The number of hydrogen-bond donors (Lipinski definition) is 3. The molecular formula is C18H22O7S. The van der Waals surface area contributed by atoms with Crippen LogP contribution >= 0.6 is 0 Å². The quantitative estimate of drug-likeness (QED) is 0.589. The molecule has 1 aliphatic rings. The Balaban J connectivity index is 2.42. The summed E-state index contributed by atoms with van der Waals surface area (Å²) < 4.78 is 41.2. The predicted octanol–water partition coefficient (Wildman–Crippen LogP) is 1.97. The van der Waals surface area contributed by atoms with E-state index in [0.717, 1.165) is 22.1 Å². The second kappa shape index (κ2) is 9.00. The van der Waals surface area contributed by atoms with Crippen LogP contribution in [0, 0.1) is 0 Å². The highest BCUT2D eigenvalue weighted by atomic mass is 32.2. The van der Waals surface area contributed by atoms with E-state index in [2.05, 4.69) is 0 Å². The second-order valence-electron chi connectivity index (χ2n) is 5.62. The molecule has 0 saturated carbocycles. The van der Waals surface area contributed by atoms with Gasteiger partial charge in [-0.2, -0.15) is 8.42 Å². The number of hydrogen-bond acceptors (Lipinski definition) is 6. The number of aliphatic hydroxyl groups excluding tert-OH is 2. The third-order valence-corrected chi connectivity index (χ3v) is 4.39. The van der Waals surface area contributed by atoms with Crippen LogP contribution in [0.3, 0.4) is 0 Å². The van der Waals surface area contributed by atoms with Crippen molar-refractivity contribution in [1.29, 1.82) is 0 Å². The van der Waals surface area contributed by atoms with Gasteiger partial charge >= 0.3 is 0 Å². The van der Waals surface area contributed by atoms with Gasteiger partial charge in [-0.25, -0.2) is 0 Å². The van der Waals surface area contributed by atoms with Crippen molar-refractivity contribution in [3.05, 3.63) is 46.4 Å². The van der Waals surface area contributed by atoms with E-state index in [1.165, 1.54) is 13.2 Å². The standard InChI is InChI=1S/C18H22O7S/c1-24-18-15(7-5-8-19)13(6-3-2-4-9-26(21,22)23)10-16-17(18)14(11-20)12-25-16/h3-7,9-10,14,19-20H,2,8,11-12H2,1H3,(H,21,22,23). The SMILES string of the molecule is COc1c(C=CCO)c(C=CCC=CS(=O)(=O)O)cc2c1C(CO)CO2. The van der Waals surface area contributed by atoms with E-state index in [1.807, 2.05) is 6.07 Å². The van der Waals surface area contributed by atoms with Gasteiger partial charge in [0.1, 0.15) is 11.5 Å². The average molecular weight is 382 g/mol. The summed E-state index contributed by atoms with van der Waals surface area (Å²) in [4.78, 5) is 0. The van der Waals surface area contributed by atoms with Gasteiger partial charge in [0.05, 0.1) is 32.3 Å². The zero-order valence-electron chi connectivity index (χ0n) is 14.3. The van der Waals surface area contributed by atoms with E-state index >= 15 is 0 Å². The van der Waals surface area contributed by atoms with Crippen LogP contribution < -0.4 is 9.47 Å². The molecule has 26 heavy (non-hydrogen) atoms. The molecular weight excluding hydrogens is 360 g/mol. The molecule has 0 radical (unpaired) electrons. The smallest absolute Gasteiger partial charge is 0.287 e. The van der Waals surface area contributed by atoms with Crippen molar-refractivity contribution in [1.82, 2.24) is 0 Å². The minimum absolute atomic E-state index is 0.0673. The highest BCUT2D eigenvalue weighted by Gasteiger charge is 2.30. The lowest BCUT2D eigenvalue weighted by Crippen LogP contribution is -2.06. The van der Waals surface area contributed by atoms with E-state index in [0.29, 0.717) is 24.5 Å². The Hall–Kier alpha value is -2.13. The van der Waals surface area contributed by atoms with Crippen molar-refractivity contribution in [3.8, 4) is 11.5 Å². The summed E-state index contributed by atoms with van der Waals surface area (Å²) in [6.45, 7) is 0.151. The normalized spacial score (nSPS) is 17.3. The second-order valence-corrected chi connectivity index (χ2v) is 6.93. The van der Waals surface area contributed by atoms with Gasteiger partial charge in [-0.1, -0.05) is 30.4 Å². The summed E-state index contributed by atoms with van der Waals surface area (Å²) in [5.74, 6) is 1.00. The van der Waals surface area contributed by atoms with Gasteiger partial charge in [0.15, 0.2) is 0 Å². The van der Waals surface area contributed by atoms with Crippen molar-refractivity contribution >= 4 is 22.3 Å². The van der Waals surface area contributed by atoms with Crippen LogP contribution in [0.4, 0.5) is 0 Å². The Morgan fingerprint density at radius 1 is 1.27 bits per heavy atom. The van der Waals surface area contributed by atoms with Gasteiger partial charge in [0, 0.05) is 17.0 Å². The molecule has 0 amide bonds. The maximum atomic E-state index is 10.7. The van der Waals surface area contributed by atoms with Crippen LogP contribution in [-0.4, -0.2) is 50.1 Å². The maximum absolute atomic E-state index is 10.7. The predicted molar refractivity (Wildman–Crippen MR) is 98.8 cm³/mol. The number of allylic oxidation sites excluding steroid dienone is 2. The van der Waals surface area contributed by atoms with Gasteiger partial charge in [0.2, 0.25) is 0 Å². The van der Waals surface area contributed by atoms with Crippen LogP contribution in [0.2, 0.25) is 0 Å². The van der Waals surface area contributed by atoms with Gasteiger partial charge in [-0.05, 0) is 18.1 Å². The van der Waals surface area contributed by atoms with Crippen LogP contribution in [0.1, 0.15) is 29.0 Å². The molecule has 1 aliphatic heterocycles. The summed E-state index contributed by atoms with van der Waals surface area (Å²) in [5, 5.41) is 19.4. The number of fused-ring (bicyclic) bond motifs is 1. The average Bonchev–Trinajstić information content (AvgIpc) is 3.00. The zero-order valence-corrected chi connectivity index (χ0v) is 15.1. The fourth-order valence-electron chi connectivity index (χ4n) is 2.76. The highest BCUT2D eigenvalue weighted by Crippen LogP contribution is 2.45. The van der Waals surface area contributed by atoms with Gasteiger partial charge in [-0.15, -0.1) is 0 Å². The molecule has 1 atom stereocenters. The molecule has 0 fully saturated rings. The molecule has 8 heteroatoms. The third kappa shape index (κ3) is 4.95. The summed E-state index contributed by atoms with van der Waals surface area (Å²) in [6.07, 6.45) is 8.39. The molecule has 1 aromatic rings. The molecule has 2 rings (SSSR count). The summed E-state index contributed by atoms with van der Waals surface area (Å²) in [7, 11) is -2.61. The fraction of sp³-hybridized carbons (Fsp3) is 0.333. The molecule has 1 unspecified atom stereocenters. The lowest BCUT2D eigenvalue weighted by molar-refractivity contribution is 0.230. The van der Waals surface area contributed by atoms with Crippen LogP contribution in [0.15, 0.2) is 29.7 Å². The largest absolute Gasteiger partial charge is 0.496 e. The molecule has 142 valence electrons. The molecule has 7 nitrogen and oxygen atoms in total. The summed E-state index contributed by atoms with van der Waals surface area (Å²) in [6, 6.07) is 1.81. The Labute approximate surface area is 152 Å².